The van der Waals surface area contributed by atoms with Crippen molar-refractivity contribution in [1.82, 2.24) is 4.90 Å². The van der Waals surface area contributed by atoms with Crippen LogP contribution in [0.1, 0.15) is 36.5 Å². The van der Waals surface area contributed by atoms with E-state index in [0.29, 0.717) is 17.9 Å². The number of Topliss-reactive ketones (excluding diaryl/α,β-unsaturated/α-hetero) is 1. The molecule has 4 heteroatoms. The lowest BCUT2D eigenvalue weighted by atomic mass is 10.1. The lowest BCUT2D eigenvalue weighted by molar-refractivity contribution is 0.101. The Morgan fingerprint density at radius 1 is 1.37 bits per heavy atom. The van der Waals surface area contributed by atoms with Crippen LogP contribution in [0.25, 0.3) is 0 Å². The van der Waals surface area contributed by atoms with Crippen molar-refractivity contribution in [3.05, 3.63) is 29.6 Å². The minimum atomic E-state index is -0.375. The van der Waals surface area contributed by atoms with Gasteiger partial charge in [-0.25, -0.2) is 4.39 Å². The third-order valence-electron chi connectivity index (χ3n) is 3.40. The summed E-state index contributed by atoms with van der Waals surface area (Å²) in [4.78, 5) is 13.8. The van der Waals surface area contributed by atoms with E-state index in [4.69, 9.17) is 4.74 Å². The first-order valence-electron chi connectivity index (χ1n) is 6.82. The van der Waals surface area contributed by atoms with Gasteiger partial charge >= 0.3 is 0 Å². The van der Waals surface area contributed by atoms with E-state index in [1.165, 1.54) is 51.1 Å². The van der Waals surface area contributed by atoms with E-state index in [1.807, 2.05) is 0 Å². The summed E-state index contributed by atoms with van der Waals surface area (Å²) in [5.41, 5.74) is 0.447. The summed E-state index contributed by atoms with van der Waals surface area (Å²) >= 11 is 0. The molecule has 0 aromatic heterocycles. The molecule has 3 nitrogen and oxygen atoms in total. The highest BCUT2D eigenvalue weighted by Crippen LogP contribution is 2.20. The van der Waals surface area contributed by atoms with Gasteiger partial charge in [-0.15, -0.1) is 0 Å². The topological polar surface area (TPSA) is 29.5 Å². The van der Waals surface area contributed by atoms with Crippen LogP contribution in [-0.2, 0) is 0 Å². The molecule has 1 heterocycles. The minimum Gasteiger partial charge on any atom is -0.493 e. The molecule has 19 heavy (non-hydrogen) atoms. The number of hydrogen-bond acceptors (Lipinski definition) is 3. The molecule has 1 aromatic rings. The number of ether oxygens (including phenoxy) is 1. The summed E-state index contributed by atoms with van der Waals surface area (Å²) in [6.45, 7) is 5.31. The number of carbonyl (C=O) groups excluding carboxylic acids is 1. The Labute approximate surface area is 113 Å². The van der Waals surface area contributed by atoms with Crippen molar-refractivity contribution >= 4 is 5.78 Å². The smallest absolute Gasteiger partial charge is 0.163 e. The van der Waals surface area contributed by atoms with Gasteiger partial charge in [-0.1, -0.05) is 0 Å². The van der Waals surface area contributed by atoms with Crippen molar-refractivity contribution < 1.29 is 13.9 Å². The summed E-state index contributed by atoms with van der Waals surface area (Å²) in [6, 6.07) is 4.05. The van der Waals surface area contributed by atoms with Gasteiger partial charge in [0.05, 0.1) is 12.2 Å². The zero-order chi connectivity index (χ0) is 13.7. The molecule has 0 atom stereocenters. The molecule has 0 N–H and O–H groups in total. The number of benzene rings is 1. The number of ketones is 1. The van der Waals surface area contributed by atoms with E-state index in [1.54, 1.807) is 0 Å². The quantitative estimate of drug-likeness (QED) is 0.585. The van der Waals surface area contributed by atoms with Crippen molar-refractivity contribution in [3.63, 3.8) is 0 Å². The first-order valence-corrected chi connectivity index (χ1v) is 6.82. The van der Waals surface area contributed by atoms with Gasteiger partial charge in [0.25, 0.3) is 0 Å². The minimum absolute atomic E-state index is 0.102. The summed E-state index contributed by atoms with van der Waals surface area (Å²) in [5, 5.41) is 0. The Kier molecular flexibility index (Phi) is 4.91. The van der Waals surface area contributed by atoms with E-state index in [2.05, 4.69) is 4.90 Å². The molecule has 0 aliphatic carbocycles. The lowest BCUT2D eigenvalue weighted by Gasteiger charge is -2.15. The predicted octanol–water partition coefficient (Wildman–Crippen LogP) is 2.89. The van der Waals surface area contributed by atoms with E-state index < -0.39 is 0 Å². The SMILES string of the molecule is CC(=O)c1ccc(F)cc1OCCCN1CCCC1. The third-order valence-corrected chi connectivity index (χ3v) is 3.40. The molecule has 1 fully saturated rings. The fraction of sp³-hybridized carbons (Fsp3) is 0.533. The Hall–Kier alpha value is -1.42. The summed E-state index contributed by atoms with van der Waals surface area (Å²) in [7, 11) is 0. The molecular weight excluding hydrogens is 245 g/mol. The number of rotatable bonds is 6. The van der Waals surface area contributed by atoms with Gasteiger partial charge in [0.2, 0.25) is 0 Å². The van der Waals surface area contributed by atoms with Crippen LogP contribution in [-0.4, -0.2) is 36.9 Å². The van der Waals surface area contributed by atoms with Crippen molar-refractivity contribution in [3.8, 4) is 5.75 Å². The van der Waals surface area contributed by atoms with Crippen molar-refractivity contribution in [1.29, 1.82) is 0 Å². The number of carbonyl (C=O) groups is 1. The second-order valence-electron chi connectivity index (χ2n) is 4.95. The first-order chi connectivity index (χ1) is 9.16. The third kappa shape index (κ3) is 4.03. The van der Waals surface area contributed by atoms with Crippen LogP contribution in [0.4, 0.5) is 4.39 Å². The van der Waals surface area contributed by atoms with Crippen LogP contribution < -0.4 is 4.74 Å². The second-order valence-corrected chi connectivity index (χ2v) is 4.95. The Balaban J connectivity index is 1.84. The molecule has 1 saturated heterocycles. The molecule has 104 valence electrons. The standard InChI is InChI=1S/C15H20FNO2/c1-12(18)14-6-5-13(16)11-15(14)19-10-4-9-17-7-2-3-8-17/h5-6,11H,2-4,7-10H2,1H3. The summed E-state index contributed by atoms with van der Waals surface area (Å²) in [5.74, 6) is -0.122. The van der Waals surface area contributed by atoms with Crippen molar-refractivity contribution in [2.45, 2.75) is 26.2 Å². The van der Waals surface area contributed by atoms with Gasteiger partial charge in [-0.3, -0.25) is 4.79 Å². The van der Waals surface area contributed by atoms with E-state index in [-0.39, 0.29) is 11.6 Å². The summed E-state index contributed by atoms with van der Waals surface area (Å²) in [6.07, 6.45) is 3.45. The predicted molar refractivity (Wildman–Crippen MR) is 72.2 cm³/mol. The van der Waals surface area contributed by atoms with Crippen LogP contribution in [0.5, 0.6) is 5.75 Å². The Morgan fingerprint density at radius 3 is 2.79 bits per heavy atom. The summed E-state index contributed by atoms with van der Waals surface area (Å²) < 4.78 is 18.7. The zero-order valence-corrected chi connectivity index (χ0v) is 11.3. The highest BCUT2D eigenvalue weighted by Gasteiger charge is 2.12. The lowest BCUT2D eigenvalue weighted by Crippen LogP contribution is -2.22. The molecule has 0 radical (unpaired) electrons. The van der Waals surface area contributed by atoms with Crippen LogP contribution in [0.3, 0.4) is 0 Å². The fourth-order valence-corrected chi connectivity index (χ4v) is 2.38. The van der Waals surface area contributed by atoms with Gasteiger partial charge in [0.1, 0.15) is 11.6 Å². The average molecular weight is 265 g/mol. The number of hydrogen-bond donors (Lipinski definition) is 0. The van der Waals surface area contributed by atoms with Gasteiger partial charge in [0, 0.05) is 12.6 Å². The molecule has 1 aromatic carbocycles. The first kappa shape index (κ1) is 14.0. The zero-order valence-electron chi connectivity index (χ0n) is 11.3. The van der Waals surface area contributed by atoms with E-state index in [0.717, 1.165) is 13.0 Å². The molecule has 1 aliphatic heterocycles. The highest BCUT2D eigenvalue weighted by molar-refractivity contribution is 5.96. The van der Waals surface area contributed by atoms with Crippen LogP contribution in [0.2, 0.25) is 0 Å². The molecule has 0 unspecified atom stereocenters. The number of likely N-dealkylation sites (tertiary alicyclic amines) is 1. The fourth-order valence-electron chi connectivity index (χ4n) is 2.38. The largest absolute Gasteiger partial charge is 0.493 e. The Morgan fingerprint density at radius 2 is 2.11 bits per heavy atom. The van der Waals surface area contributed by atoms with Crippen LogP contribution in [0, 0.1) is 5.82 Å². The maximum Gasteiger partial charge on any atom is 0.163 e. The molecule has 0 amide bonds. The molecule has 2 rings (SSSR count). The molecular formula is C15H20FNO2. The number of nitrogens with zero attached hydrogens (tertiary/aromatic N) is 1. The van der Waals surface area contributed by atoms with E-state index in [9.17, 15) is 9.18 Å². The molecule has 1 aliphatic rings. The van der Waals surface area contributed by atoms with Gasteiger partial charge in [-0.2, -0.15) is 0 Å². The van der Waals surface area contributed by atoms with Gasteiger partial charge in [0.15, 0.2) is 5.78 Å². The maximum absolute atomic E-state index is 13.2. The number of halogens is 1. The molecule has 0 saturated carbocycles. The van der Waals surface area contributed by atoms with E-state index >= 15 is 0 Å². The molecule has 0 spiro atoms. The maximum atomic E-state index is 13.2. The van der Waals surface area contributed by atoms with Gasteiger partial charge in [-0.05, 0) is 51.4 Å². The van der Waals surface area contributed by atoms with Crippen molar-refractivity contribution in [2.75, 3.05) is 26.2 Å². The second kappa shape index (κ2) is 6.66. The highest BCUT2D eigenvalue weighted by atomic mass is 19.1. The normalized spacial score (nSPS) is 15.7. The van der Waals surface area contributed by atoms with Gasteiger partial charge < -0.3 is 9.64 Å². The van der Waals surface area contributed by atoms with Crippen molar-refractivity contribution in [2.24, 2.45) is 0 Å². The Bertz CT molecular complexity index is 442. The average Bonchev–Trinajstić information content (AvgIpc) is 2.87. The molecule has 0 bridgehead atoms. The monoisotopic (exact) mass is 265 g/mol. The van der Waals surface area contributed by atoms with Crippen LogP contribution >= 0.6 is 0 Å². The van der Waals surface area contributed by atoms with Crippen LogP contribution in [0.15, 0.2) is 18.2 Å².